The van der Waals surface area contributed by atoms with Gasteiger partial charge < -0.3 is 10.1 Å². The highest BCUT2D eigenvalue weighted by molar-refractivity contribution is 5.28. The fourth-order valence-corrected chi connectivity index (χ4v) is 1.32. The Balaban J connectivity index is 2.59. The summed E-state index contributed by atoms with van der Waals surface area (Å²) in [7, 11) is 0. The lowest BCUT2D eigenvalue weighted by molar-refractivity contribution is -0.0498. The number of alkyl halides is 2. The number of halogens is 2. The van der Waals surface area contributed by atoms with Gasteiger partial charge in [-0.1, -0.05) is 18.2 Å². The first-order chi connectivity index (χ1) is 7.63. The average Bonchev–Trinajstić information content (AvgIpc) is 2.26. The molecule has 0 amide bonds. The van der Waals surface area contributed by atoms with Crippen molar-refractivity contribution < 1.29 is 13.5 Å². The summed E-state index contributed by atoms with van der Waals surface area (Å²) in [5.41, 5.74) is 1.02. The van der Waals surface area contributed by atoms with Gasteiger partial charge in [0.05, 0.1) is 0 Å². The Bertz CT molecular complexity index is 324. The Hall–Kier alpha value is -1.42. The van der Waals surface area contributed by atoms with E-state index in [1.54, 1.807) is 18.2 Å². The summed E-state index contributed by atoms with van der Waals surface area (Å²) in [6, 6.07) is 6.75. The lowest BCUT2D eigenvalue weighted by Crippen LogP contribution is -2.18. The molecule has 0 saturated heterocycles. The minimum atomic E-state index is -2.78. The van der Waals surface area contributed by atoms with Crippen LogP contribution in [0.25, 0.3) is 0 Å². The van der Waals surface area contributed by atoms with Crippen molar-refractivity contribution in [3.8, 4) is 5.75 Å². The van der Waals surface area contributed by atoms with E-state index < -0.39 is 6.61 Å². The Kier molecular flexibility index (Phi) is 4.92. The third-order valence-corrected chi connectivity index (χ3v) is 2.17. The minimum Gasteiger partial charge on any atom is -0.435 e. The largest absolute Gasteiger partial charge is 0.435 e. The number of hydrogen-bond donors (Lipinski definition) is 1. The van der Waals surface area contributed by atoms with Crippen LogP contribution in [0.15, 0.2) is 36.9 Å². The van der Waals surface area contributed by atoms with E-state index in [1.165, 1.54) is 12.1 Å². The predicted octanol–water partition coefficient (Wildman–Crippen LogP) is 3.12. The molecule has 0 bridgehead atoms. The van der Waals surface area contributed by atoms with Gasteiger partial charge in [0.2, 0.25) is 0 Å². The van der Waals surface area contributed by atoms with Crippen molar-refractivity contribution in [1.82, 2.24) is 5.32 Å². The summed E-state index contributed by atoms with van der Waals surface area (Å²) < 4.78 is 28.1. The van der Waals surface area contributed by atoms with E-state index in [0.29, 0.717) is 6.54 Å². The standard InChI is InChI=1S/C12H15F2NO/c1-3-8-15-9(2)10-4-6-11(7-5-10)16-12(13)14/h3-7,9,12,15H,1,8H2,2H3. The van der Waals surface area contributed by atoms with E-state index >= 15 is 0 Å². The number of rotatable bonds is 6. The van der Waals surface area contributed by atoms with Gasteiger partial charge in [-0.2, -0.15) is 8.78 Å². The number of benzene rings is 1. The lowest BCUT2D eigenvalue weighted by Gasteiger charge is -2.13. The van der Waals surface area contributed by atoms with Gasteiger partial charge in [0, 0.05) is 12.6 Å². The molecule has 0 aliphatic rings. The molecule has 1 N–H and O–H groups in total. The molecule has 0 aliphatic carbocycles. The molecule has 0 radical (unpaired) electrons. The Labute approximate surface area is 93.9 Å². The molecular formula is C12H15F2NO. The molecule has 88 valence electrons. The maximum atomic E-state index is 11.9. The highest BCUT2D eigenvalue weighted by Crippen LogP contribution is 2.18. The molecule has 1 unspecified atom stereocenters. The van der Waals surface area contributed by atoms with Crippen LogP contribution in [0.5, 0.6) is 5.75 Å². The minimum absolute atomic E-state index is 0.151. The third kappa shape index (κ3) is 3.98. The molecule has 1 aromatic carbocycles. The van der Waals surface area contributed by atoms with Crippen LogP contribution >= 0.6 is 0 Å². The van der Waals surface area contributed by atoms with Gasteiger partial charge in [0.25, 0.3) is 0 Å². The molecule has 16 heavy (non-hydrogen) atoms. The van der Waals surface area contributed by atoms with E-state index in [4.69, 9.17) is 0 Å². The van der Waals surface area contributed by atoms with E-state index in [2.05, 4.69) is 16.6 Å². The van der Waals surface area contributed by atoms with Crippen molar-refractivity contribution in [2.75, 3.05) is 6.54 Å². The molecule has 1 aromatic rings. The van der Waals surface area contributed by atoms with Crippen molar-refractivity contribution in [3.05, 3.63) is 42.5 Å². The van der Waals surface area contributed by atoms with E-state index in [1.807, 2.05) is 6.92 Å². The molecular weight excluding hydrogens is 212 g/mol. The first kappa shape index (κ1) is 12.6. The monoisotopic (exact) mass is 227 g/mol. The zero-order chi connectivity index (χ0) is 12.0. The van der Waals surface area contributed by atoms with Crippen LogP contribution < -0.4 is 10.1 Å². The Morgan fingerprint density at radius 3 is 2.50 bits per heavy atom. The molecule has 0 aromatic heterocycles. The van der Waals surface area contributed by atoms with Crippen LogP contribution in [0.2, 0.25) is 0 Å². The van der Waals surface area contributed by atoms with E-state index in [0.717, 1.165) is 5.56 Å². The maximum absolute atomic E-state index is 11.9. The summed E-state index contributed by atoms with van der Waals surface area (Å²) in [5, 5.41) is 3.20. The normalized spacial score (nSPS) is 12.5. The number of nitrogens with one attached hydrogen (secondary N) is 1. The molecule has 0 fully saturated rings. The first-order valence-electron chi connectivity index (χ1n) is 5.02. The van der Waals surface area contributed by atoms with Crippen LogP contribution in [0.4, 0.5) is 8.78 Å². The fraction of sp³-hybridized carbons (Fsp3) is 0.333. The molecule has 0 heterocycles. The molecule has 0 spiro atoms. The lowest BCUT2D eigenvalue weighted by atomic mass is 10.1. The van der Waals surface area contributed by atoms with Crippen LogP contribution in [-0.4, -0.2) is 13.2 Å². The summed E-state index contributed by atoms with van der Waals surface area (Å²) >= 11 is 0. The summed E-state index contributed by atoms with van der Waals surface area (Å²) in [6.07, 6.45) is 1.77. The van der Waals surface area contributed by atoms with Gasteiger partial charge >= 0.3 is 6.61 Å². The summed E-state index contributed by atoms with van der Waals surface area (Å²) in [4.78, 5) is 0. The molecule has 0 aliphatic heterocycles. The van der Waals surface area contributed by atoms with Crippen molar-refractivity contribution in [3.63, 3.8) is 0 Å². The smallest absolute Gasteiger partial charge is 0.387 e. The highest BCUT2D eigenvalue weighted by atomic mass is 19.3. The van der Waals surface area contributed by atoms with Crippen molar-refractivity contribution in [2.24, 2.45) is 0 Å². The maximum Gasteiger partial charge on any atom is 0.387 e. The predicted molar refractivity (Wildman–Crippen MR) is 59.7 cm³/mol. The Morgan fingerprint density at radius 2 is 2.00 bits per heavy atom. The topological polar surface area (TPSA) is 21.3 Å². The van der Waals surface area contributed by atoms with E-state index in [9.17, 15) is 8.78 Å². The third-order valence-electron chi connectivity index (χ3n) is 2.17. The summed E-state index contributed by atoms with van der Waals surface area (Å²) in [5.74, 6) is 0.176. The average molecular weight is 227 g/mol. The molecule has 0 saturated carbocycles. The molecule has 4 heteroatoms. The second-order valence-electron chi connectivity index (χ2n) is 3.37. The van der Waals surface area contributed by atoms with Crippen LogP contribution in [0, 0.1) is 0 Å². The fourth-order valence-electron chi connectivity index (χ4n) is 1.32. The van der Waals surface area contributed by atoms with E-state index in [-0.39, 0.29) is 11.8 Å². The number of ether oxygens (including phenoxy) is 1. The highest BCUT2D eigenvalue weighted by Gasteiger charge is 2.06. The molecule has 2 nitrogen and oxygen atoms in total. The van der Waals surface area contributed by atoms with Crippen LogP contribution in [-0.2, 0) is 0 Å². The quantitative estimate of drug-likeness (QED) is 0.754. The second kappa shape index (κ2) is 6.23. The zero-order valence-electron chi connectivity index (χ0n) is 9.12. The van der Waals surface area contributed by atoms with Crippen LogP contribution in [0.1, 0.15) is 18.5 Å². The molecule has 1 rings (SSSR count). The summed E-state index contributed by atoms with van der Waals surface area (Å²) in [6.45, 7) is 3.53. The zero-order valence-corrected chi connectivity index (χ0v) is 9.12. The van der Waals surface area contributed by atoms with Gasteiger partial charge in [-0.3, -0.25) is 0 Å². The van der Waals surface area contributed by atoms with Crippen molar-refractivity contribution in [2.45, 2.75) is 19.6 Å². The second-order valence-corrected chi connectivity index (χ2v) is 3.37. The van der Waals surface area contributed by atoms with Gasteiger partial charge in [-0.25, -0.2) is 0 Å². The number of hydrogen-bond acceptors (Lipinski definition) is 2. The van der Waals surface area contributed by atoms with Gasteiger partial charge in [0.1, 0.15) is 5.75 Å². The molecule has 1 atom stereocenters. The van der Waals surface area contributed by atoms with Gasteiger partial charge in [-0.05, 0) is 24.6 Å². The van der Waals surface area contributed by atoms with Crippen molar-refractivity contribution >= 4 is 0 Å². The Morgan fingerprint density at radius 1 is 1.38 bits per heavy atom. The van der Waals surface area contributed by atoms with Gasteiger partial charge in [0.15, 0.2) is 0 Å². The SMILES string of the molecule is C=CCNC(C)c1ccc(OC(F)F)cc1. The van der Waals surface area contributed by atoms with Gasteiger partial charge in [-0.15, -0.1) is 6.58 Å². The van der Waals surface area contributed by atoms with Crippen LogP contribution in [0.3, 0.4) is 0 Å². The first-order valence-corrected chi connectivity index (χ1v) is 5.02. The van der Waals surface area contributed by atoms with Crippen molar-refractivity contribution in [1.29, 1.82) is 0 Å².